The van der Waals surface area contributed by atoms with E-state index >= 15 is 0 Å². The molecule has 1 aromatic carbocycles. The van der Waals surface area contributed by atoms with Gasteiger partial charge in [0.15, 0.2) is 12.4 Å². The number of anilines is 1. The quantitative estimate of drug-likeness (QED) is 0.866. The molecule has 0 aromatic heterocycles. The third-order valence-corrected chi connectivity index (χ3v) is 3.69. The van der Waals surface area contributed by atoms with Crippen LogP contribution in [0.1, 0.15) is 31.1 Å². The maximum atomic E-state index is 12.3. The molecule has 0 spiro atoms. The van der Waals surface area contributed by atoms with Crippen LogP contribution in [0.15, 0.2) is 12.1 Å². The molecule has 1 N–H and O–H groups in total. The number of ketones is 1. The highest BCUT2D eigenvalue weighted by Gasteiger charge is 2.24. The van der Waals surface area contributed by atoms with Gasteiger partial charge in [0.05, 0.1) is 10.7 Å². The summed E-state index contributed by atoms with van der Waals surface area (Å²) < 4.78 is 5.30. The molecule has 4 nitrogen and oxygen atoms in total. The van der Waals surface area contributed by atoms with Crippen molar-refractivity contribution in [2.45, 2.75) is 20.8 Å². The van der Waals surface area contributed by atoms with Crippen molar-refractivity contribution in [2.75, 3.05) is 11.9 Å². The smallest absolute Gasteiger partial charge is 0.262 e. The van der Waals surface area contributed by atoms with Crippen LogP contribution < -0.4 is 10.1 Å². The molecule has 1 aliphatic heterocycles. The van der Waals surface area contributed by atoms with Crippen molar-refractivity contribution in [1.82, 2.24) is 0 Å². The number of halogens is 1. The number of rotatable bonds is 3. The normalized spacial score (nSPS) is 15.5. The van der Waals surface area contributed by atoms with Crippen molar-refractivity contribution in [1.29, 1.82) is 0 Å². The standard InChI is InChI=1S/C14H16ClNO3/c1-7(2)8(3)14(18)9-4-12-11(5-10(9)15)16-13(17)6-19-12/h4-5,7-8H,6H2,1-3H3,(H,16,17). The Labute approximate surface area is 117 Å². The van der Waals surface area contributed by atoms with E-state index < -0.39 is 0 Å². The Morgan fingerprint density at radius 2 is 2.05 bits per heavy atom. The second kappa shape index (κ2) is 5.21. The highest BCUT2D eigenvalue weighted by Crippen LogP contribution is 2.35. The maximum absolute atomic E-state index is 12.3. The van der Waals surface area contributed by atoms with Crippen LogP contribution in [0.2, 0.25) is 5.02 Å². The summed E-state index contributed by atoms with van der Waals surface area (Å²) in [7, 11) is 0. The third-order valence-electron chi connectivity index (χ3n) is 3.38. The summed E-state index contributed by atoms with van der Waals surface area (Å²) in [5.41, 5.74) is 0.952. The number of Topliss-reactive ketones (excluding diaryl/α,β-unsaturated/α-hetero) is 1. The van der Waals surface area contributed by atoms with Crippen molar-refractivity contribution in [2.24, 2.45) is 11.8 Å². The van der Waals surface area contributed by atoms with E-state index in [9.17, 15) is 9.59 Å². The maximum Gasteiger partial charge on any atom is 0.262 e. The topological polar surface area (TPSA) is 55.4 Å². The highest BCUT2D eigenvalue weighted by molar-refractivity contribution is 6.34. The van der Waals surface area contributed by atoms with E-state index in [1.54, 1.807) is 12.1 Å². The Morgan fingerprint density at radius 3 is 2.68 bits per heavy atom. The van der Waals surface area contributed by atoms with Crippen molar-refractivity contribution in [3.8, 4) is 5.75 Å². The number of amides is 1. The molecule has 1 heterocycles. The molecule has 2 rings (SSSR count). The van der Waals surface area contributed by atoms with E-state index in [1.165, 1.54) is 0 Å². The molecule has 19 heavy (non-hydrogen) atoms. The molecular weight excluding hydrogens is 266 g/mol. The van der Waals surface area contributed by atoms with Gasteiger partial charge >= 0.3 is 0 Å². The first-order chi connectivity index (χ1) is 8.90. The van der Waals surface area contributed by atoms with Crippen LogP contribution in [0.4, 0.5) is 5.69 Å². The molecule has 1 unspecified atom stereocenters. The first-order valence-corrected chi connectivity index (χ1v) is 6.58. The van der Waals surface area contributed by atoms with Crippen LogP contribution in [-0.4, -0.2) is 18.3 Å². The van der Waals surface area contributed by atoms with Crippen molar-refractivity contribution in [3.05, 3.63) is 22.7 Å². The van der Waals surface area contributed by atoms with Gasteiger partial charge in [0, 0.05) is 11.5 Å². The summed E-state index contributed by atoms with van der Waals surface area (Å²) in [6.45, 7) is 5.82. The number of carbonyl (C=O) groups is 2. The summed E-state index contributed by atoms with van der Waals surface area (Å²) in [5.74, 6) is 0.374. The number of hydrogen-bond donors (Lipinski definition) is 1. The van der Waals surface area contributed by atoms with Crippen LogP contribution in [-0.2, 0) is 4.79 Å². The fourth-order valence-electron chi connectivity index (χ4n) is 1.84. The fourth-order valence-corrected chi connectivity index (χ4v) is 2.09. The average molecular weight is 282 g/mol. The Kier molecular flexibility index (Phi) is 3.80. The molecule has 1 atom stereocenters. The van der Waals surface area contributed by atoms with Crippen molar-refractivity contribution >= 4 is 29.0 Å². The molecule has 0 bridgehead atoms. The fraction of sp³-hybridized carbons (Fsp3) is 0.429. The highest BCUT2D eigenvalue weighted by atomic mass is 35.5. The van der Waals surface area contributed by atoms with E-state index in [1.807, 2.05) is 20.8 Å². The van der Waals surface area contributed by atoms with E-state index in [0.717, 1.165) is 0 Å². The van der Waals surface area contributed by atoms with Gasteiger partial charge in [0.25, 0.3) is 5.91 Å². The van der Waals surface area contributed by atoms with Crippen LogP contribution in [0.3, 0.4) is 0 Å². The van der Waals surface area contributed by atoms with Gasteiger partial charge in [-0.3, -0.25) is 9.59 Å². The molecule has 0 aliphatic carbocycles. The number of fused-ring (bicyclic) bond motifs is 1. The third kappa shape index (κ3) is 2.73. The predicted octanol–water partition coefficient (Wildman–Crippen LogP) is 3.15. The largest absolute Gasteiger partial charge is 0.482 e. The number of ether oxygens (including phenoxy) is 1. The van der Waals surface area contributed by atoms with Gasteiger partial charge < -0.3 is 10.1 Å². The Hall–Kier alpha value is -1.55. The lowest BCUT2D eigenvalue weighted by Gasteiger charge is -2.21. The first-order valence-electron chi connectivity index (χ1n) is 6.20. The minimum Gasteiger partial charge on any atom is -0.482 e. The predicted molar refractivity (Wildman–Crippen MR) is 73.9 cm³/mol. The minimum atomic E-state index is -0.224. The Balaban J connectivity index is 2.38. The first kappa shape index (κ1) is 13.9. The van der Waals surface area contributed by atoms with Crippen molar-refractivity contribution < 1.29 is 14.3 Å². The Bertz CT molecular complexity index is 540. The molecule has 102 valence electrons. The second-order valence-electron chi connectivity index (χ2n) is 5.06. The number of hydrogen-bond acceptors (Lipinski definition) is 3. The SMILES string of the molecule is CC(C)C(C)C(=O)c1cc2c(cc1Cl)NC(=O)CO2. The zero-order chi connectivity index (χ0) is 14.2. The molecule has 1 aromatic rings. The van der Waals surface area contributed by atoms with Gasteiger partial charge in [-0.15, -0.1) is 0 Å². The van der Waals surface area contributed by atoms with Gasteiger partial charge in [0.2, 0.25) is 0 Å². The van der Waals surface area contributed by atoms with E-state index in [-0.39, 0.29) is 30.1 Å². The molecule has 1 aliphatic rings. The minimum absolute atomic E-state index is 0.0108. The molecule has 0 saturated heterocycles. The van der Waals surface area contributed by atoms with E-state index in [4.69, 9.17) is 16.3 Å². The second-order valence-corrected chi connectivity index (χ2v) is 5.47. The zero-order valence-electron chi connectivity index (χ0n) is 11.1. The molecular formula is C14H16ClNO3. The number of carbonyl (C=O) groups excluding carboxylic acids is 2. The molecule has 5 heteroatoms. The molecule has 0 fully saturated rings. The van der Waals surface area contributed by atoms with Gasteiger partial charge in [-0.25, -0.2) is 0 Å². The molecule has 0 saturated carbocycles. The van der Waals surface area contributed by atoms with Crippen LogP contribution >= 0.6 is 11.6 Å². The van der Waals surface area contributed by atoms with Gasteiger partial charge in [0.1, 0.15) is 5.75 Å². The lowest BCUT2D eigenvalue weighted by Crippen LogP contribution is -2.26. The summed E-state index contributed by atoms with van der Waals surface area (Å²) >= 11 is 6.12. The summed E-state index contributed by atoms with van der Waals surface area (Å²) in [5, 5.41) is 2.99. The number of benzene rings is 1. The monoisotopic (exact) mass is 281 g/mol. The van der Waals surface area contributed by atoms with Gasteiger partial charge in [-0.2, -0.15) is 0 Å². The summed E-state index contributed by atoms with van der Waals surface area (Å²) in [4.78, 5) is 23.5. The lowest BCUT2D eigenvalue weighted by atomic mass is 9.89. The molecule has 0 radical (unpaired) electrons. The van der Waals surface area contributed by atoms with Gasteiger partial charge in [-0.1, -0.05) is 32.4 Å². The van der Waals surface area contributed by atoms with Crippen LogP contribution in [0, 0.1) is 11.8 Å². The van der Waals surface area contributed by atoms with Crippen LogP contribution in [0.25, 0.3) is 0 Å². The molecule has 1 amide bonds. The van der Waals surface area contributed by atoms with E-state index in [0.29, 0.717) is 22.0 Å². The van der Waals surface area contributed by atoms with Gasteiger partial charge in [-0.05, 0) is 18.1 Å². The lowest BCUT2D eigenvalue weighted by molar-refractivity contribution is -0.118. The average Bonchev–Trinajstić information content (AvgIpc) is 2.36. The summed E-state index contributed by atoms with van der Waals surface area (Å²) in [6, 6.07) is 3.17. The van der Waals surface area contributed by atoms with Crippen molar-refractivity contribution in [3.63, 3.8) is 0 Å². The Morgan fingerprint density at radius 1 is 1.37 bits per heavy atom. The number of nitrogens with one attached hydrogen (secondary N) is 1. The van der Waals surface area contributed by atoms with Crippen LogP contribution in [0.5, 0.6) is 5.75 Å². The van der Waals surface area contributed by atoms with E-state index in [2.05, 4.69) is 5.32 Å². The summed E-state index contributed by atoms with van der Waals surface area (Å²) in [6.07, 6.45) is 0. The zero-order valence-corrected chi connectivity index (χ0v) is 11.9.